The van der Waals surface area contributed by atoms with E-state index >= 15 is 0 Å². The van der Waals surface area contributed by atoms with Gasteiger partial charge in [-0.25, -0.2) is 4.79 Å². The molecule has 0 heterocycles. The van der Waals surface area contributed by atoms with Crippen molar-refractivity contribution in [3.8, 4) is 5.75 Å². The average molecular weight is 356 g/mol. The van der Waals surface area contributed by atoms with Crippen LogP contribution in [0.4, 0.5) is 4.79 Å². The summed E-state index contributed by atoms with van der Waals surface area (Å²) < 4.78 is 5.47. The Balaban J connectivity index is 2.29. The first-order chi connectivity index (χ1) is 11.4. The lowest BCUT2D eigenvalue weighted by molar-refractivity contribution is -0.123. The van der Waals surface area contributed by atoms with Crippen molar-refractivity contribution in [1.29, 1.82) is 0 Å². The predicted molar refractivity (Wildman–Crippen MR) is 95.8 cm³/mol. The molecule has 6 nitrogen and oxygen atoms in total. The maximum atomic E-state index is 11.8. The molecule has 0 saturated heterocycles. The Morgan fingerprint density at radius 3 is 2.17 bits per heavy atom. The lowest BCUT2D eigenvalue weighted by Crippen LogP contribution is -2.43. The van der Waals surface area contributed by atoms with E-state index in [1.165, 1.54) is 0 Å². The largest absolute Gasteiger partial charge is 0.484 e. The van der Waals surface area contributed by atoms with Crippen LogP contribution in [0.5, 0.6) is 5.75 Å². The average Bonchev–Trinajstić information content (AvgIpc) is 2.55. The summed E-state index contributed by atoms with van der Waals surface area (Å²) in [4.78, 5) is 25.2. The molecular weight excluding hydrogens is 330 g/mol. The van der Waals surface area contributed by atoms with Crippen molar-refractivity contribution in [2.45, 2.75) is 27.7 Å². The van der Waals surface area contributed by atoms with Gasteiger partial charge in [0.1, 0.15) is 5.75 Å². The fraction of sp³-hybridized carbons (Fsp3) is 0.529. The highest BCUT2D eigenvalue weighted by atomic mass is 35.5. The molecule has 0 aromatic heterocycles. The van der Waals surface area contributed by atoms with Crippen LogP contribution in [0.25, 0.3) is 0 Å². The maximum absolute atomic E-state index is 11.8. The third kappa shape index (κ3) is 6.28. The smallest absolute Gasteiger partial charge is 0.317 e. The molecule has 0 fully saturated rings. The third-order valence-corrected chi connectivity index (χ3v) is 4.15. The van der Waals surface area contributed by atoms with E-state index in [4.69, 9.17) is 16.3 Å². The molecule has 0 aliphatic heterocycles. The van der Waals surface area contributed by atoms with Crippen LogP contribution in [0.15, 0.2) is 12.1 Å². The Labute approximate surface area is 148 Å². The first-order valence-corrected chi connectivity index (χ1v) is 8.45. The summed E-state index contributed by atoms with van der Waals surface area (Å²) in [6, 6.07) is 3.47. The van der Waals surface area contributed by atoms with Gasteiger partial charge in [-0.05, 0) is 51.0 Å². The number of rotatable bonds is 8. The molecule has 0 atom stereocenters. The minimum absolute atomic E-state index is 0.0789. The van der Waals surface area contributed by atoms with Gasteiger partial charge < -0.3 is 20.3 Å². The van der Waals surface area contributed by atoms with Gasteiger partial charge in [-0.3, -0.25) is 4.79 Å². The molecule has 1 aromatic rings. The van der Waals surface area contributed by atoms with Crippen LogP contribution in [0, 0.1) is 13.8 Å². The number of carbonyl (C=O) groups is 2. The monoisotopic (exact) mass is 355 g/mol. The summed E-state index contributed by atoms with van der Waals surface area (Å²) in [6.45, 7) is 9.58. The van der Waals surface area contributed by atoms with E-state index in [-0.39, 0.29) is 18.5 Å². The molecule has 0 aliphatic rings. The minimum Gasteiger partial charge on any atom is -0.484 e. The molecule has 24 heavy (non-hydrogen) atoms. The van der Waals surface area contributed by atoms with E-state index in [0.29, 0.717) is 37.0 Å². The number of amides is 3. The number of carbonyl (C=O) groups excluding carboxylic acids is 2. The number of nitrogens with one attached hydrogen (secondary N) is 2. The summed E-state index contributed by atoms with van der Waals surface area (Å²) in [7, 11) is 0. The molecule has 3 amide bonds. The summed E-state index contributed by atoms with van der Waals surface area (Å²) in [6.07, 6.45) is 0. The zero-order valence-corrected chi connectivity index (χ0v) is 15.5. The van der Waals surface area contributed by atoms with Crippen molar-refractivity contribution in [3.05, 3.63) is 28.3 Å². The van der Waals surface area contributed by atoms with Crippen molar-refractivity contribution in [2.75, 3.05) is 32.8 Å². The number of halogens is 1. The van der Waals surface area contributed by atoms with E-state index in [0.717, 1.165) is 11.1 Å². The van der Waals surface area contributed by atoms with Crippen molar-refractivity contribution in [3.63, 3.8) is 0 Å². The molecule has 0 spiro atoms. The lowest BCUT2D eigenvalue weighted by Gasteiger charge is -2.19. The molecule has 0 radical (unpaired) electrons. The number of nitrogens with zero attached hydrogens (tertiary/aromatic N) is 1. The third-order valence-electron chi connectivity index (χ3n) is 3.55. The molecule has 7 heteroatoms. The molecular formula is C17H26ClN3O3. The van der Waals surface area contributed by atoms with E-state index in [2.05, 4.69) is 10.6 Å². The Morgan fingerprint density at radius 1 is 1.08 bits per heavy atom. The topological polar surface area (TPSA) is 70.7 Å². The fourth-order valence-electron chi connectivity index (χ4n) is 2.18. The molecule has 1 rings (SSSR count). The van der Waals surface area contributed by atoms with E-state index in [1.54, 1.807) is 17.0 Å². The molecule has 0 bridgehead atoms. The predicted octanol–water partition coefficient (Wildman–Crippen LogP) is 2.50. The van der Waals surface area contributed by atoms with E-state index in [9.17, 15) is 9.59 Å². The zero-order valence-electron chi connectivity index (χ0n) is 14.7. The second kappa shape index (κ2) is 10.0. The molecule has 0 unspecified atom stereocenters. The van der Waals surface area contributed by atoms with Gasteiger partial charge >= 0.3 is 6.03 Å². The van der Waals surface area contributed by atoms with Crippen molar-refractivity contribution in [2.24, 2.45) is 0 Å². The van der Waals surface area contributed by atoms with E-state index < -0.39 is 0 Å². The van der Waals surface area contributed by atoms with Crippen LogP contribution in [0.3, 0.4) is 0 Å². The van der Waals surface area contributed by atoms with Gasteiger partial charge in [0, 0.05) is 31.2 Å². The van der Waals surface area contributed by atoms with Crippen molar-refractivity contribution >= 4 is 23.5 Å². The molecule has 2 N–H and O–H groups in total. The van der Waals surface area contributed by atoms with Gasteiger partial charge in [-0.2, -0.15) is 0 Å². The first-order valence-electron chi connectivity index (χ1n) is 8.08. The highest BCUT2D eigenvalue weighted by Gasteiger charge is 2.09. The second-order valence-electron chi connectivity index (χ2n) is 5.41. The number of benzene rings is 1. The number of urea groups is 1. The Bertz CT molecular complexity index is 551. The van der Waals surface area contributed by atoms with Crippen LogP contribution in [0.2, 0.25) is 5.02 Å². The Hall–Kier alpha value is -1.95. The molecule has 1 aromatic carbocycles. The fourth-order valence-corrected chi connectivity index (χ4v) is 2.29. The number of aryl methyl sites for hydroxylation is 2. The number of ether oxygens (including phenoxy) is 1. The standard InChI is InChI=1S/C17H26ClN3O3/c1-5-21(6-2)17(23)20-8-7-19-15(22)11-24-14-9-12(3)16(18)13(4)10-14/h9-10H,5-8,11H2,1-4H3,(H,19,22)(H,20,23). The van der Waals surface area contributed by atoms with Gasteiger partial charge in [0.15, 0.2) is 6.61 Å². The Kier molecular flexibility index (Phi) is 8.40. The number of hydrogen-bond donors (Lipinski definition) is 2. The second-order valence-corrected chi connectivity index (χ2v) is 5.79. The normalized spacial score (nSPS) is 10.2. The van der Waals surface area contributed by atoms with Gasteiger partial charge in [0.2, 0.25) is 0 Å². The number of hydrogen-bond acceptors (Lipinski definition) is 3. The summed E-state index contributed by atoms with van der Waals surface area (Å²) in [5.74, 6) is 0.372. The summed E-state index contributed by atoms with van der Waals surface area (Å²) in [5, 5.41) is 6.16. The van der Waals surface area contributed by atoms with Crippen molar-refractivity contribution < 1.29 is 14.3 Å². The lowest BCUT2D eigenvalue weighted by atomic mass is 10.1. The maximum Gasteiger partial charge on any atom is 0.317 e. The summed E-state index contributed by atoms with van der Waals surface area (Å²) >= 11 is 6.09. The van der Waals surface area contributed by atoms with Crippen LogP contribution < -0.4 is 15.4 Å². The summed E-state index contributed by atoms with van der Waals surface area (Å²) in [5.41, 5.74) is 1.82. The van der Waals surface area contributed by atoms with E-state index in [1.807, 2.05) is 27.7 Å². The highest BCUT2D eigenvalue weighted by molar-refractivity contribution is 6.32. The van der Waals surface area contributed by atoms with Crippen LogP contribution in [0.1, 0.15) is 25.0 Å². The SMILES string of the molecule is CCN(CC)C(=O)NCCNC(=O)COc1cc(C)c(Cl)c(C)c1. The molecule has 0 aliphatic carbocycles. The van der Waals surface area contributed by atoms with Crippen LogP contribution >= 0.6 is 11.6 Å². The first kappa shape index (κ1) is 20.1. The quantitative estimate of drug-likeness (QED) is 0.704. The van der Waals surface area contributed by atoms with Gasteiger partial charge in [0.05, 0.1) is 0 Å². The van der Waals surface area contributed by atoms with Gasteiger partial charge in [-0.15, -0.1) is 0 Å². The van der Waals surface area contributed by atoms with Crippen LogP contribution in [-0.2, 0) is 4.79 Å². The van der Waals surface area contributed by atoms with Gasteiger partial charge in [0.25, 0.3) is 5.91 Å². The Morgan fingerprint density at radius 2 is 1.62 bits per heavy atom. The minimum atomic E-state index is -0.239. The van der Waals surface area contributed by atoms with Crippen LogP contribution in [-0.4, -0.2) is 49.6 Å². The molecule has 0 saturated carbocycles. The zero-order chi connectivity index (χ0) is 18.1. The highest BCUT2D eigenvalue weighted by Crippen LogP contribution is 2.25. The van der Waals surface area contributed by atoms with Gasteiger partial charge in [-0.1, -0.05) is 11.6 Å². The van der Waals surface area contributed by atoms with Crippen molar-refractivity contribution in [1.82, 2.24) is 15.5 Å². The molecule has 134 valence electrons.